The molecule has 1 aliphatic rings. The van der Waals surface area contributed by atoms with Gasteiger partial charge in [-0.05, 0) is 17.7 Å². The molecule has 1 aliphatic heterocycles. The molecule has 17 heavy (non-hydrogen) atoms. The van der Waals surface area contributed by atoms with Crippen LogP contribution in [-0.4, -0.2) is 38.8 Å². The molecule has 2 rings (SSSR count). The zero-order valence-corrected chi connectivity index (χ0v) is 9.85. The summed E-state index contributed by atoms with van der Waals surface area (Å²) in [5, 5.41) is 0. The topological polar surface area (TPSA) is 44.8 Å². The van der Waals surface area contributed by atoms with E-state index in [0.29, 0.717) is 26.2 Å². The average molecular weight is 236 g/mol. The number of ether oxygens (including phenoxy) is 3. The molecule has 1 heterocycles. The summed E-state index contributed by atoms with van der Waals surface area (Å²) in [6.45, 7) is 1.44. The third-order valence-electron chi connectivity index (χ3n) is 2.71. The van der Waals surface area contributed by atoms with Gasteiger partial charge in [-0.25, -0.2) is 0 Å². The Balaban J connectivity index is 1.92. The van der Waals surface area contributed by atoms with Crippen LogP contribution >= 0.6 is 0 Å². The van der Waals surface area contributed by atoms with E-state index < -0.39 is 6.10 Å². The summed E-state index contributed by atoms with van der Waals surface area (Å²) in [4.78, 5) is 11.9. The van der Waals surface area contributed by atoms with Crippen molar-refractivity contribution in [2.75, 3.05) is 26.9 Å². The van der Waals surface area contributed by atoms with Crippen molar-refractivity contribution in [1.82, 2.24) is 0 Å². The Kier molecular flexibility index (Phi) is 4.12. The first kappa shape index (κ1) is 12.1. The predicted molar refractivity (Wildman–Crippen MR) is 62.3 cm³/mol. The molecule has 4 heteroatoms. The van der Waals surface area contributed by atoms with Crippen LogP contribution in [0.15, 0.2) is 24.3 Å². The maximum Gasteiger partial charge on any atom is 0.168 e. The molecule has 1 saturated heterocycles. The van der Waals surface area contributed by atoms with Crippen LogP contribution in [0.2, 0.25) is 0 Å². The van der Waals surface area contributed by atoms with Crippen LogP contribution in [0, 0.1) is 0 Å². The molecule has 92 valence electrons. The van der Waals surface area contributed by atoms with E-state index in [4.69, 9.17) is 14.2 Å². The smallest absolute Gasteiger partial charge is 0.168 e. The molecule has 0 N–H and O–H groups in total. The monoisotopic (exact) mass is 236 g/mol. The molecule has 1 atom stereocenters. The van der Waals surface area contributed by atoms with Crippen LogP contribution < -0.4 is 4.74 Å². The molecule has 0 bridgehead atoms. The number of benzene rings is 1. The summed E-state index contributed by atoms with van der Waals surface area (Å²) in [7, 11) is 1.62. The van der Waals surface area contributed by atoms with Gasteiger partial charge in [0, 0.05) is 6.42 Å². The standard InChI is InChI=1S/C13H16O4/c1-15-11-4-2-10(3-5-11)8-12(14)13-9-16-6-7-17-13/h2-5,13H,6-9H2,1H3. The van der Waals surface area contributed by atoms with Gasteiger partial charge in [-0.2, -0.15) is 0 Å². The summed E-state index contributed by atoms with van der Waals surface area (Å²) in [6.07, 6.45) is -0.0382. The Morgan fingerprint density at radius 3 is 2.71 bits per heavy atom. The Labute approximate surface area is 100 Å². The van der Waals surface area contributed by atoms with Crippen molar-refractivity contribution < 1.29 is 19.0 Å². The molecule has 0 aromatic heterocycles. The number of hydrogen-bond donors (Lipinski definition) is 0. The van der Waals surface area contributed by atoms with E-state index in [1.54, 1.807) is 7.11 Å². The molecule has 1 unspecified atom stereocenters. The minimum atomic E-state index is -0.411. The number of methoxy groups -OCH3 is 1. The summed E-state index contributed by atoms with van der Waals surface area (Å²) < 4.78 is 15.6. The maximum atomic E-state index is 11.9. The van der Waals surface area contributed by atoms with Crippen molar-refractivity contribution in [2.24, 2.45) is 0 Å². The van der Waals surface area contributed by atoms with Crippen molar-refractivity contribution in [3.8, 4) is 5.75 Å². The third-order valence-corrected chi connectivity index (χ3v) is 2.71. The highest BCUT2D eigenvalue weighted by atomic mass is 16.6. The molecule has 1 fully saturated rings. The van der Waals surface area contributed by atoms with Crippen LogP contribution in [0.4, 0.5) is 0 Å². The number of ketones is 1. The largest absolute Gasteiger partial charge is 0.497 e. The van der Waals surface area contributed by atoms with E-state index in [0.717, 1.165) is 11.3 Å². The Bertz CT molecular complexity index is 366. The zero-order valence-electron chi connectivity index (χ0n) is 9.85. The second kappa shape index (κ2) is 5.80. The molecule has 1 aromatic carbocycles. The van der Waals surface area contributed by atoms with Gasteiger partial charge in [-0.15, -0.1) is 0 Å². The van der Waals surface area contributed by atoms with Crippen molar-refractivity contribution in [1.29, 1.82) is 0 Å². The van der Waals surface area contributed by atoms with Crippen molar-refractivity contribution in [3.63, 3.8) is 0 Å². The van der Waals surface area contributed by atoms with Gasteiger partial charge in [-0.1, -0.05) is 12.1 Å². The molecule has 0 saturated carbocycles. The fourth-order valence-corrected chi connectivity index (χ4v) is 1.73. The zero-order chi connectivity index (χ0) is 12.1. The first-order chi connectivity index (χ1) is 8.29. The highest BCUT2D eigenvalue weighted by Crippen LogP contribution is 2.13. The lowest BCUT2D eigenvalue weighted by Gasteiger charge is -2.21. The van der Waals surface area contributed by atoms with Gasteiger partial charge in [0.25, 0.3) is 0 Å². The molecular formula is C13H16O4. The highest BCUT2D eigenvalue weighted by Gasteiger charge is 2.22. The van der Waals surface area contributed by atoms with Crippen LogP contribution in [0.25, 0.3) is 0 Å². The number of carbonyl (C=O) groups excluding carboxylic acids is 1. The lowest BCUT2D eigenvalue weighted by molar-refractivity contribution is -0.144. The number of Topliss-reactive ketones (excluding diaryl/α,β-unsaturated/α-hetero) is 1. The maximum absolute atomic E-state index is 11.9. The summed E-state index contributed by atoms with van der Waals surface area (Å²) in [5.41, 5.74) is 0.963. The number of rotatable bonds is 4. The number of carbonyl (C=O) groups is 1. The fraction of sp³-hybridized carbons (Fsp3) is 0.462. The van der Waals surface area contributed by atoms with Crippen LogP contribution in [0.5, 0.6) is 5.75 Å². The summed E-state index contributed by atoms with van der Waals surface area (Å²) in [5.74, 6) is 0.855. The predicted octanol–water partition coefficient (Wildman–Crippen LogP) is 1.22. The molecule has 1 aromatic rings. The SMILES string of the molecule is COc1ccc(CC(=O)C2COCCO2)cc1. The second-order valence-corrected chi connectivity index (χ2v) is 3.93. The van der Waals surface area contributed by atoms with Gasteiger partial charge in [0.15, 0.2) is 5.78 Å². The second-order valence-electron chi connectivity index (χ2n) is 3.93. The molecule has 0 spiro atoms. The van der Waals surface area contributed by atoms with Crippen LogP contribution in [0.1, 0.15) is 5.56 Å². The van der Waals surface area contributed by atoms with E-state index in [1.807, 2.05) is 24.3 Å². The lowest BCUT2D eigenvalue weighted by atomic mass is 10.1. The van der Waals surface area contributed by atoms with Crippen molar-refractivity contribution >= 4 is 5.78 Å². The minimum absolute atomic E-state index is 0.0647. The van der Waals surface area contributed by atoms with Gasteiger partial charge >= 0.3 is 0 Å². The molecule has 4 nitrogen and oxygen atoms in total. The first-order valence-electron chi connectivity index (χ1n) is 5.64. The van der Waals surface area contributed by atoms with Gasteiger partial charge < -0.3 is 14.2 Å². The van der Waals surface area contributed by atoms with Gasteiger partial charge in [-0.3, -0.25) is 4.79 Å². The van der Waals surface area contributed by atoms with Gasteiger partial charge in [0.1, 0.15) is 11.9 Å². The van der Waals surface area contributed by atoms with E-state index in [1.165, 1.54) is 0 Å². The van der Waals surface area contributed by atoms with E-state index in [-0.39, 0.29) is 5.78 Å². The van der Waals surface area contributed by atoms with Crippen LogP contribution in [-0.2, 0) is 20.7 Å². The molecule has 0 radical (unpaired) electrons. The molecule has 0 aliphatic carbocycles. The van der Waals surface area contributed by atoms with Gasteiger partial charge in [0.2, 0.25) is 0 Å². The first-order valence-corrected chi connectivity index (χ1v) is 5.64. The average Bonchev–Trinajstić information content (AvgIpc) is 2.40. The quantitative estimate of drug-likeness (QED) is 0.788. The molecule has 0 amide bonds. The van der Waals surface area contributed by atoms with Crippen molar-refractivity contribution in [3.05, 3.63) is 29.8 Å². The van der Waals surface area contributed by atoms with E-state index >= 15 is 0 Å². The Hall–Kier alpha value is -1.39. The normalized spacial score (nSPS) is 19.9. The van der Waals surface area contributed by atoms with E-state index in [2.05, 4.69) is 0 Å². The van der Waals surface area contributed by atoms with Crippen LogP contribution in [0.3, 0.4) is 0 Å². The third kappa shape index (κ3) is 3.28. The minimum Gasteiger partial charge on any atom is -0.497 e. The summed E-state index contributed by atoms with van der Waals surface area (Å²) in [6, 6.07) is 7.47. The van der Waals surface area contributed by atoms with Gasteiger partial charge in [0.05, 0.1) is 26.9 Å². The summed E-state index contributed by atoms with van der Waals surface area (Å²) >= 11 is 0. The van der Waals surface area contributed by atoms with E-state index in [9.17, 15) is 4.79 Å². The Morgan fingerprint density at radius 1 is 1.35 bits per heavy atom. The number of hydrogen-bond acceptors (Lipinski definition) is 4. The highest BCUT2D eigenvalue weighted by molar-refractivity contribution is 5.85. The fourth-order valence-electron chi connectivity index (χ4n) is 1.73. The molecular weight excluding hydrogens is 220 g/mol. The van der Waals surface area contributed by atoms with Crippen molar-refractivity contribution in [2.45, 2.75) is 12.5 Å². The lowest BCUT2D eigenvalue weighted by Crippen LogP contribution is -2.36. The Morgan fingerprint density at radius 2 is 2.12 bits per heavy atom.